The molecule has 0 spiro atoms. The van der Waals surface area contributed by atoms with E-state index in [2.05, 4.69) is 0 Å². The molecular weight excluding hydrogens is 178 g/mol. The Bertz CT molecular complexity index is 282. The zero-order valence-corrected chi connectivity index (χ0v) is 8.56. The van der Waals surface area contributed by atoms with Crippen molar-refractivity contribution in [2.75, 3.05) is 25.2 Å². The fraction of sp³-hybridized carbons (Fsp3) is 0.364. The van der Waals surface area contributed by atoms with Gasteiger partial charge in [-0.3, -0.25) is 4.79 Å². The zero-order chi connectivity index (χ0) is 10.4. The summed E-state index contributed by atoms with van der Waals surface area (Å²) in [5.41, 5.74) is 2.09. The lowest BCUT2D eigenvalue weighted by atomic mass is 10.2. The number of ether oxygens (including phenoxy) is 1. The van der Waals surface area contributed by atoms with Crippen LogP contribution in [-0.2, 0) is 9.53 Å². The molecule has 3 heteroatoms. The molecule has 3 nitrogen and oxygen atoms in total. The molecule has 0 saturated carbocycles. The molecule has 1 aromatic rings. The molecule has 0 aliphatic carbocycles. The number of rotatable bonds is 5. The van der Waals surface area contributed by atoms with Crippen LogP contribution in [0.25, 0.3) is 0 Å². The topological polar surface area (TPSA) is 29.5 Å². The molecule has 1 aromatic carbocycles. The first-order chi connectivity index (χ1) is 6.77. The maximum Gasteiger partial charge on any atom is 0.214 e. The third-order valence-electron chi connectivity index (χ3n) is 2.03. The fourth-order valence-electron chi connectivity index (χ4n) is 1.17. The number of nitrogens with zero attached hydrogens (tertiary/aromatic N) is 1. The van der Waals surface area contributed by atoms with Crippen molar-refractivity contribution in [3.8, 4) is 0 Å². The van der Waals surface area contributed by atoms with E-state index in [1.54, 1.807) is 12.0 Å². The highest BCUT2D eigenvalue weighted by atomic mass is 16.5. The fourth-order valence-corrected chi connectivity index (χ4v) is 1.17. The number of hydrogen-bond acceptors (Lipinski definition) is 2. The van der Waals surface area contributed by atoms with Crippen molar-refractivity contribution in [1.82, 2.24) is 0 Å². The minimum Gasteiger partial charge on any atom is -0.383 e. The maximum absolute atomic E-state index is 10.8. The van der Waals surface area contributed by atoms with Crippen molar-refractivity contribution in [2.45, 2.75) is 6.92 Å². The molecule has 1 rings (SSSR count). The lowest BCUT2D eigenvalue weighted by Gasteiger charge is -2.16. The summed E-state index contributed by atoms with van der Waals surface area (Å²) in [5.74, 6) is 0. The van der Waals surface area contributed by atoms with Crippen molar-refractivity contribution < 1.29 is 9.53 Å². The summed E-state index contributed by atoms with van der Waals surface area (Å²) in [5, 5.41) is 0. The second kappa shape index (κ2) is 5.40. The third kappa shape index (κ3) is 2.85. The lowest BCUT2D eigenvalue weighted by Crippen LogP contribution is -2.25. The molecular formula is C11H15NO2. The largest absolute Gasteiger partial charge is 0.383 e. The number of anilines is 1. The van der Waals surface area contributed by atoms with Crippen molar-refractivity contribution in [3.05, 3.63) is 29.8 Å². The number of amides is 1. The second-order valence-corrected chi connectivity index (χ2v) is 3.13. The molecule has 0 saturated heterocycles. The van der Waals surface area contributed by atoms with Gasteiger partial charge in [-0.1, -0.05) is 17.7 Å². The molecule has 0 aliphatic heterocycles. The number of benzene rings is 1. The van der Waals surface area contributed by atoms with Crippen molar-refractivity contribution in [3.63, 3.8) is 0 Å². The van der Waals surface area contributed by atoms with Crippen LogP contribution in [0.3, 0.4) is 0 Å². The van der Waals surface area contributed by atoms with Crippen LogP contribution in [0, 0.1) is 6.92 Å². The maximum atomic E-state index is 10.8. The smallest absolute Gasteiger partial charge is 0.214 e. The number of aryl methyl sites for hydroxylation is 1. The Kier molecular flexibility index (Phi) is 4.13. The first kappa shape index (κ1) is 10.7. The Labute approximate surface area is 84.3 Å². The summed E-state index contributed by atoms with van der Waals surface area (Å²) in [6.45, 7) is 3.15. The molecule has 76 valence electrons. The average Bonchev–Trinajstić information content (AvgIpc) is 2.21. The standard InChI is InChI=1S/C11H15NO2/c1-10-3-5-11(6-4-10)12(9-13)7-8-14-2/h3-6,9H,7-8H2,1-2H3. The molecule has 0 atom stereocenters. The predicted molar refractivity (Wildman–Crippen MR) is 56.5 cm³/mol. The molecule has 14 heavy (non-hydrogen) atoms. The van der Waals surface area contributed by atoms with Crippen molar-refractivity contribution in [2.24, 2.45) is 0 Å². The molecule has 0 radical (unpaired) electrons. The Morgan fingerprint density at radius 1 is 1.36 bits per heavy atom. The van der Waals surface area contributed by atoms with Gasteiger partial charge in [0.2, 0.25) is 6.41 Å². The molecule has 0 N–H and O–H groups in total. The third-order valence-corrected chi connectivity index (χ3v) is 2.03. The van der Waals surface area contributed by atoms with Crippen molar-refractivity contribution >= 4 is 12.1 Å². The number of methoxy groups -OCH3 is 1. The molecule has 0 unspecified atom stereocenters. The van der Waals surface area contributed by atoms with Crippen LogP contribution in [0.1, 0.15) is 5.56 Å². The average molecular weight is 193 g/mol. The summed E-state index contributed by atoms with van der Waals surface area (Å²) in [7, 11) is 1.62. The Hall–Kier alpha value is -1.35. The Morgan fingerprint density at radius 2 is 2.00 bits per heavy atom. The van der Waals surface area contributed by atoms with Crippen molar-refractivity contribution in [1.29, 1.82) is 0 Å². The van der Waals surface area contributed by atoms with E-state index in [0.29, 0.717) is 13.2 Å². The van der Waals surface area contributed by atoms with Crippen LogP contribution >= 0.6 is 0 Å². The highest BCUT2D eigenvalue weighted by Gasteiger charge is 2.03. The van der Waals surface area contributed by atoms with E-state index in [4.69, 9.17) is 4.74 Å². The predicted octanol–water partition coefficient (Wildman–Crippen LogP) is 1.60. The number of carbonyl (C=O) groups is 1. The minimum atomic E-state index is 0.548. The highest BCUT2D eigenvalue weighted by Crippen LogP contribution is 2.12. The summed E-state index contributed by atoms with van der Waals surface area (Å²) >= 11 is 0. The van der Waals surface area contributed by atoms with E-state index in [9.17, 15) is 4.79 Å². The van der Waals surface area contributed by atoms with Crippen LogP contribution in [0.4, 0.5) is 5.69 Å². The highest BCUT2D eigenvalue weighted by molar-refractivity contribution is 5.74. The van der Waals surface area contributed by atoms with Crippen LogP contribution in [0.5, 0.6) is 0 Å². The quantitative estimate of drug-likeness (QED) is 0.665. The van der Waals surface area contributed by atoms with Crippen LogP contribution in [0.15, 0.2) is 24.3 Å². The van der Waals surface area contributed by atoms with Gasteiger partial charge < -0.3 is 9.64 Å². The van der Waals surface area contributed by atoms with Gasteiger partial charge in [0.1, 0.15) is 0 Å². The van der Waals surface area contributed by atoms with Crippen LogP contribution in [0.2, 0.25) is 0 Å². The zero-order valence-electron chi connectivity index (χ0n) is 8.56. The van der Waals surface area contributed by atoms with Gasteiger partial charge in [-0.15, -0.1) is 0 Å². The van der Waals surface area contributed by atoms with Gasteiger partial charge in [0.15, 0.2) is 0 Å². The lowest BCUT2D eigenvalue weighted by molar-refractivity contribution is -0.107. The number of hydrogen-bond donors (Lipinski definition) is 0. The van der Waals surface area contributed by atoms with Gasteiger partial charge in [0.25, 0.3) is 0 Å². The van der Waals surface area contributed by atoms with E-state index < -0.39 is 0 Å². The van der Waals surface area contributed by atoms with Crippen LogP contribution in [-0.4, -0.2) is 26.7 Å². The van der Waals surface area contributed by atoms with Gasteiger partial charge in [-0.2, -0.15) is 0 Å². The minimum absolute atomic E-state index is 0.548. The summed E-state index contributed by atoms with van der Waals surface area (Å²) in [4.78, 5) is 12.4. The SMILES string of the molecule is COCCN(C=O)c1ccc(C)cc1. The molecule has 0 bridgehead atoms. The van der Waals surface area contributed by atoms with Gasteiger partial charge >= 0.3 is 0 Å². The monoisotopic (exact) mass is 193 g/mol. The molecule has 0 heterocycles. The summed E-state index contributed by atoms with van der Waals surface area (Å²) in [6, 6.07) is 7.83. The Morgan fingerprint density at radius 3 is 2.50 bits per heavy atom. The first-order valence-electron chi connectivity index (χ1n) is 4.55. The molecule has 0 aliphatic rings. The van der Waals surface area contributed by atoms with E-state index >= 15 is 0 Å². The van der Waals surface area contributed by atoms with E-state index in [1.165, 1.54) is 5.56 Å². The van der Waals surface area contributed by atoms with Gasteiger partial charge in [-0.25, -0.2) is 0 Å². The van der Waals surface area contributed by atoms with E-state index in [1.807, 2.05) is 31.2 Å². The van der Waals surface area contributed by atoms with E-state index in [0.717, 1.165) is 12.1 Å². The second-order valence-electron chi connectivity index (χ2n) is 3.13. The van der Waals surface area contributed by atoms with E-state index in [-0.39, 0.29) is 0 Å². The first-order valence-corrected chi connectivity index (χ1v) is 4.55. The summed E-state index contributed by atoms with van der Waals surface area (Å²) in [6.07, 6.45) is 0.823. The van der Waals surface area contributed by atoms with Gasteiger partial charge in [0.05, 0.1) is 6.61 Å². The van der Waals surface area contributed by atoms with Gasteiger partial charge in [-0.05, 0) is 19.1 Å². The normalized spacial score (nSPS) is 9.86. The molecule has 1 amide bonds. The summed E-state index contributed by atoms with van der Waals surface area (Å²) < 4.78 is 4.92. The van der Waals surface area contributed by atoms with Gasteiger partial charge in [0, 0.05) is 19.3 Å². The van der Waals surface area contributed by atoms with Crippen LogP contribution < -0.4 is 4.90 Å². The molecule has 0 fully saturated rings. The Balaban J connectivity index is 2.68. The molecule has 0 aromatic heterocycles. The number of carbonyl (C=O) groups excluding carboxylic acids is 1.